The van der Waals surface area contributed by atoms with Crippen molar-refractivity contribution in [3.8, 4) is 0 Å². The summed E-state index contributed by atoms with van der Waals surface area (Å²) in [5, 5.41) is 2.70. The molecule has 0 radical (unpaired) electrons. The fraction of sp³-hybridized carbons (Fsp3) is 0.278. The Bertz CT molecular complexity index is 810. The Morgan fingerprint density at radius 3 is 2.42 bits per heavy atom. The third-order valence-corrected chi connectivity index (χ3v) is 4.23. The van der Waals surface area contributed by atoms with Gasteiger partial charge in [0, 0.05) is 40.7 Å². The van der Waals surface area contributed by atoms with Gasteiger partial charge in [-0.1, -0.05) is 28.1 Å². The molecule has 0 aliphatic rings. The van der Waals surface area contributed by atoms with Crippen LogP contribution in [0, 0.1) is 13.8 Å². The van der Waals surface area contributed by atoms with Crippen molar-refractivity contribution in [1.82, 2.24) is 10.3 Å². The third-order valence-electron chi connectivity index (χ3n) is 3.70. The van der Waals surface area contributed by atoms with Gasteiger partial charge in [-0.2, -0.15) is 0 Å². The molecule has 0 atom stereocenters. The molecule has 0 saturated carbocycles. The highest BCUT2D eigenvalue weighted by Crippen LogP contribution is 2.12. The number of rotatable bonds is 6. The summed E-state index contributed by atoms with van der Waals surface area (Å²) in [6.07, 6.45) is 0.231. The van der Waals surface area contributed by atoms with Gasteiger partial charge in [0.1, 0.15) is 0 Å². The lowest BCUT2D eigenvalue weighted by molar-refractivity contribution is -0.121. The number of hydrogen-bond acceptors (Lipinski definition) is 3. The number of aromatic nitrogens is 1. The summed E-state index contributed by atoms with van der Waals surface area (Å²) in [6, 6.07) is 8.89. The maximum Gasteiger partial charge on any atom is 0.253 e. The zero-order valence-electron chi connectivity index (χ0n) is 13.6. The van der Waals surface area contributed by atoms with Crippen LogP contribution in [0.1, 0.15) is 40.0 Å². The van der Waals surface area contributed by atoms with Crippen molar-refractivity contribution in [2.45, 2.75) is 33.2 Å². The minimum atomic E-state index is -0.250. The fourth-order valence-electron chi connectivity index (χ4n) is 2.38. The lowest BCUT2D eigenvalue weighted by Gasteiger charge is -2.08. The largest absolute Gasteiger partial charge is 0.352 e. The molecule has 1 aromatic carbocycles. The zero-order valence-corrected chi connectivity index (χ0v) is 15.2. The Morgan fingerprint density at radius 1 is 1.12 bits per heavy atom. The predicted octanol–water partition coefficient (Wildman–Crippen LogP) is 3.03. The van der Waals surface area contributed by atoms with Crippen molar-refractivity contribution in [3.05, 3.63) is 67.5 Å². The molecule has 0 bridgehead atoms. The molecule has 2 N–H and O–H groups in total. The molecule has 0 aliphatic heterocycles. The molecule has 0 fully saturated rings. The number of aromatic amines is 1. The second kappa shape index (κ2) is 8.06. The van der Waals surface area contributed by atoms with Crippen molar-refractivity contribution >= 4 is 27.6 Å². The van der Waals surface area contributed by atoms with E-state index in [0.29, 0.717) is 11.1 Å². The number of pyridine rings is 1. The fourth-order valence-corrected chi connectivity index (χ4v) is 2.65. The van der Waals surface area contributed by atoms with E-state index in [1.54, 1.807) is 24.3 Å². The highest BCUT2D eigenvalue weighted by molar-refractivity contribution is 9.10. The first-order chi connectivity index (χ1) is 11.4. The first-order valence-corrected chi connectivity index (χ1v) is 8.41. The maximum absolute atomic E-state index is 12.0. The molecule has 0 saturated heterocycles. The van der Waals surface area contributed by atoms with Crippen LogP contribution in [-0.4, -0.2) is 16.7 Å². The number of Topliss-reactive ketones (excluding diaryl/α,β-unsaturated/α-hetero) is 1. The van der Waals surface area contributed by atoms with Gasteiger partial charge in [-0.25, -0.2) is 0 Å². The molecule has 1 amide bonds. The highest BCUT2D eigenvalue weighted by atomic mass is 79.9. The van der Waals surface area contributed by atoms with Crippen LogP contribution in [0.5, 0.6) is 0 Å². The summed E-state index contributed by atoms with van der Waals surface area (Å²) < 4.78 is 0.899. The molecule has 1 heterocycles. The number of carbonyl (C=O) groups excluding carboxylic acids is 2. The van der Waals surface area contributed by atoms with E-state index >= 15 is 0 Å². The van der Waals surface area contributed by atoms with E-state index in [1.165, 1.54) is 0 Å². The number of nitrogens with one attached hydrogen (secondary N) is 2. The summed E-state index contributed by atoms with van der Waals surface area (Å²) >= 11 is 3.31. The van der Waals surface area contributed by atoms with E-state index in [0.717, 1.165) is 15.7 Å². The van der Waals surface area contributed by atoms with Gasteiger partial charge in [0.05, 0.1) is 0 Å². The molecule has 126 valence electrons. The Labute approximate surface area is 148 Å². The van der Waals surface area contributed by atoms with Gasteiger partial charge in [-0.15, -0.1) is 0 Å². The van der Waals surface area contributed by atoms with Crippen LogP contribution in [-0.2, 0) is 11.3 Å². The SMILES string of the molecule is Cc1cc(C)c(CNC(=O)CCC(=O)c2ccc(Br)cc2)c(=O)[nH]1. The number of halogens is 1. The van der Waals surface area contributed by atoms with Crippen molar-refractivity contribution in [2.24, 2.45) is 0 Å². The number of aryl methyl sites for hydroxylation is 2. The topological polar surface area (TPSA) is 79.0 Å². The van der Waals surface area contributed by atoms with Gasteiger partial charge in [-0.3, -0.25) is 14.4 Å². The Hall–Kier alpha value is -2.21. The van der Waals surface area contributed by atoms with Crippen molar-refractivity contribution in [1.29, 1.82) is 0 Å². The molecule has 0 spiro atoms. The minimum Gasteiger partial charge on any atom is -0.352 e. The molecule has 2 rings (SSSR count). The van der Waals surface area contributed by atoms with Crippen LogP contribution in [0.4, 0.5) is 0 Å². The van der Waals surface area contributed by atoms with E-state index in [-0.39, 0.29) is 36.6 Å². The van der Waals surface area contributed by atoms with Crippen LogP contribution in [0.15, 0.2) is 39.6 Å². The maximum atomic E-state index is 12.0. The molecule has 5 nitrogen and oxygen atoms in total. The van der Waals surface area contributed by atoms with Crippen LogP contribution >= 0.6 is 15.9 Å². The van der Waals surface area contributed by atoms with E-state index < -0.39 is 0 Å². The summed E-state index contributed by atoms with van der Waals surface area (Å²) in [5.74, 6) is -0.332. The molecule has 0 aliphatic carbocycles. The summed E-state index contributed by atoms with van der Waals surface area (Å²) in [5.41, 5.74) is 2.54. The average molecular weight is 391 g/mol. The summed E-state index contributed by atoms with van der Waals surface area (Å²) in [4.78, 5) is 38.5. The second-order valence-electron chi connectivity index (χ2n) is 5.65. The Balaban J connectivity index is 1.87. The van der Waals surface area contributed by atoms with Gasteiger partial charge < -0.3 is 10.3 Å². The molecule has 0 unspecified atom stereocenters. The standard InChI is InChI=1S/C18H19BrN2O3/c1-11-9-12(2)21-18(24)15(11)10-20-17(23)8-7-16(22)13-3-5-14(19)6-4-13/h3-6,9H,7-8,10H2,1-2H3,(H,20,23)(H,21,24). The summed E-state index contributed by atoms with van der Waals surface area (Å²) in [7, 11) is 0. The van der Waals surface area contributed by atoms with Crippen LogP contribution in [0.25, 0.3) is 0 Å². The Morgan fingerprint density at radius 2 is 1.79 bits per heavy atom. The first-order valence-electron chi connectivity index (χ1n) is 7.61. The number of ketones is 1. The molecule has 24 heavy (non-hydrogen) atoms. The molecular weight excluding hydrogens is 372 g/mol. The zero-order chi connectivity index (χ0) is 17.7. The predicted molar refractivity (Wildman–Crippen MR) is 96.1 cm³/mol. The van der Waals surface area contributed by atoms with Gasteiger partial charge in [0.15, 0.2) is 5.78 Å². The lowest BCUT2D eigenvalue weighted by Crippen LogP contribution is -2.28. The Kier molecular flexibility index (Phi) is 6.09. The number of amides is 1. The van der Waals surface area contributed by atoms with Crippen molar-refractivity contribution in [2.75, 3.05) is 0 Å². The number of carbonyl (C=O) groups is 2. The van der Waals surface area contributed by atoms with Crippen LogP contribution in [0.3, 0.4) is 0 Å². The van der Waals surface area contributed by atoms with Crippen LogP contribution in [0.2, 0.25) is 0 Å². The van der Waals surface area contributed by atoms with Crippen molar-refractivity contribution in [3.63, 3.8) is 0 Å². The first kappa shape index (κ1) is 18.1. The normalized spacial score (nSPS) is 10.5. The second-order valence-corrected chi connectivity index (χ2v) is 6.57. The van der Waals surface area contributed by atoms with E-state index in [1.807, 2.05) is 19.9 Å². The van der Waals surface area contributed by atoms with E-state index in [4.69, 9.17) is 0 Å². The van der Waals surface area contributed by atoms with E-state index in [9.17, 15) is 14.4 Å². The molecular formula is C18H19BrN2O3. The number of hydrogen-bond donors (Lipinski definition) is 2. The average Bonchev–Trinajstić information content (AvgIpc) is 2.52. The molecule has 2 aromatic rings. The third kappa shape index (κ3) is 4.89. The number of H-pyrrole nitrogens is 1. The van der Waals surface area contributed by atoms with Gasteiger partial charge >= 0.3 is 0 Å². The number of benzene rings is 1. The quantitative estimate of drug-likeness (QED) is 0.743. The smallest absolute Gasteiger partial charge is 0.253 e. The highest BCUT2D eigenvalue weighted by Gasteiger charge is 2.11. The van der Waals surface area contributed by atoms with Crippen LogP contribution < -0.4 is 10.9 Å². The van der Waals surface area contributed by atoms with Crippen molar-refractivity contribution < 1.29 is 9.59 Å². The lowest BCUT2D eigenvalue weighted by atomic mass is 10.1. The summed E-state index contributed by atoms with van der Waals surface area (Å²) in [6.45, 7) is 3.80. The minimum absolute atomic E-state index is 0.0815. The monoisotopic (exact) mass is 390 g/mol. The van der Waals surface area contributed by atoms with Gasteiger partial charge in [-0.05, 0) is 37.6 Å². The van der Waals surface area contributed by atoms with E-state index in [2.05, 4.69) is 26.2 Å². The molecule has 1 aromatic heterocycles. The molecule has 6 heteroatoms. The van der Waals surface area contributed by atoms with Gasteiger partial charge in [0.25, 0.3) is 5.56 Å². The van der Waals surface area contributed by atoms with Gasteiger partial charge in [0.2, 0.25) is 5.91 Å².